The average molecular weight is 284 g/mol. The van der Waals surface area contributed by atoms with E-state index >= 15 is 0 Å². The second-order valence-corrected chi connectivity index (χ2v) is 4.95. The topological polar surface area (TPSA) is 59.6 Å². The maximum Gasteiger partial charge on any atom is 0.323 e. The van der Waals surface area contributed by atoms with Crippen LogP contribution in [0.5, 0.6) is 11.5 Å². The van der Waals surface area contributed by atoms with Crippen LogP contribution in [-0.2, 0) is 0 Å². The zero-order valence-electron chi connectivity index (χ0n) is 11.9. The molecule has 1 aliphatic heterocycles. The van der Waals surface area contributed by atoms with E-state index in [9.17, 15) is 4.79 Å². The highest BCUT2D eigenvalue weighted by atomic mass is 16.7. The van der Waals surface area contributed by atoms with E-state index < -0.39 is 0 Å². The first-order valence-corrected chi connectivity index (χ1v) is 6.67. The number of rotatable bonds is 2. The third-order valence-electron chi connectivity index (χ3n) is 3.40. The molecule has 1 heterocycles. The highest BCUT2D eigenvalue weighted by Gasteiger charge is 2.14. The first kappa shape index (κ1) is 13.3. The van der Waals surface area contributed by atoms with Crippen molar-refractivity contribution in [1.82, 2.24) is 0 Å². The van der Waals surface area contributed by atoms with Gasteiger partial charge < -0.3 is 20.1 Å². The predicted octanol–water partition coefficient (Wildman–Crippen LogP) is 3.68. The van der Waals surface area contributed by atoms with E-state index in [-0.39, 0.29) is 12.8 Å². The molecule has 0 bridgehead atoms. The van der Waals surface area contributed by atoms with Crippen molar-refractivity contribution >= 4 is 17.4 Å². The minimum absolute atomic E-state index is 0.216. The van der Waals surface area contributed by atoms with Crippen LogP contribution >= 0.6 is 0 Å². The lowest BCUT2D eigenvalue weighted by Crippen LogP contribution is -2.19. The molecule has 3 rings (SSSR count). The number of ether oxygens (including phenoxy) is 2. The molecule has 0 saturated heterocycles. The van der Waals surface area contributed by atoms with Gasteiger partial charge in [-0.2, -0.15) is 0 Å². The predicted molar refractivity (Wildman–Crippen MR) is 81.1 cm³/mol. The minimum atomic E-state index is -0.294. The van der Waals surface area contributed by atoms with Gasteiger partial charge >= 0.3 is 6.03 Å². The Labute approximate surface area is 122 Å². The zero-order valence-corrected chi connectivity index (χ0v) is 11.9. The van der Waals surface area contributed by atoms with E-state index in [1.54, 1.807) is 18.2 Å². The Bertz CT molecular complexity index is 698. The number of urea groups is 1. The monoisotopic (exact) mass is 284 g/mol. The van der Waals surface area contributed by atoms with Crippen LogP contribution in [0, 0.1) is 13.8 Å². The van der Waals surface area contributed by atoms with E-state index in [0.29, 0.717) is 17.2 Å². The fraction of sp³-hybridized carbons (Fsp3) is 0.188. The van der Waals surface area contributed by atoms with Crippen molar-refractivity contribution in [3.63, 3.8) is 0 Å². The van der Waals surface area contributed by atoms with Crippen LogP contribution in [0.3, 0.4) is 0 Å². The molecule has 2 aromatic rings. The van der Waals surface area contributed by atoms with Gasteiger partial charge in [0.05, 0.1) is 0 Å². The van der Waals surface area contributed by atoms with E-state index in [2.05, 4.69) is 10.6 Å². The smallest absolute Gasteiger partial charge is 0.323 e. The summed E-state index contributed by atoms with van der Waals surface area (Å²) < 4.78 is 10.5. The van der Waals surface area contributed by atoms with E-state index in [1.165, 1.54) is 5.56 Å². The standard InChI is InChI=1S/C16H16N2O3/c1-10-3-4-12(7-11(10)2)17-16(19)18-13-5-6-14-15(8-13)21-9-20-14/h3-8H,9H2,1-2H3,(H2,17,18,19). The Morgan fingerprint density at radius 1 is 0.905 bits per heavy atom. The third-order valence-corrected chi connectivity index (χ3v) is 3.40. The second-order valence-electron chi connectivity index (χ2n) is 4.95. The minimum Gasteiger partial charge on any atom is -0.454 e. The fourth-order valence-corrected chi connectivity index (χ4v) is 2.09. The second kappa shape index (κ2) is 5.36. The number of hydrogen-bond donors (Lipinski definition) is 2. The molecule has 2 aromatic carbocycles. The van der Waals surface area contributed by atoms with Crippen LogP contribution in [0.2, 0.25) is 0 Å². The van der Waals surface area contributed by atoms with Crippen LogP contribution in [0.15, 0.2) is 36.4 Å². The molecular weight excluding hydrogens is 268 g/mol. The molecule has 0 aliphatic carbocycles. The van der Waals surface area contributed by atoms with Gasteiger partial charge in [0, 0.05) is 17.4 Å². The number of carbonyl (C=O) groups excluding carboxylic acids is 1. The molecule has 108 valence electrons. The SMILES string of the molecule is Cc1ccc(NC(=O)Nc2ccc3c(c2)OCO3)cc1C. The Morgan fingerprint density at radius 3 is 2.33 bits per heavy atom. The first-order valence-electron chi connectivity index (χ1n) is 6.67. The first-order chi connectivity index (χ1) is 10.1. The maximum absolute atomic E-state index is 12.0. The summed E-state index contributed by atoms with van der Waals surface area (Å²) in [7, 11) is 0. The molecule has 0 fully saturated rings. The normalized spacial score (nSPS) is 12.1. The van der Waals surface area contributed by atoms with Crippen LogP contribution in [-0.4, -0.2) is 12.8 Å². The van der Waals surface area contributed by atoms with E-state index in [4.69, 9.17) is 9.47 Å². The number of fused-ring (bicyclic) bond motifs is 1. The number of anilines is 2. The maximum atomic E-state index is 12.0. The molecule has 0 unspecified atom stereocenters. The van der Waals surface area contributed by atoms with Crippen LogP contribution in [0.4, 0.5) is 16.2 Å². The number of nitrogens with one attached hydrogen (secondary N) is 2. The Hall–Kier alpha value is -2.69. The third kappa shape index (κ3) is 2.91. The van der Waals surface area contributed by atoms with Crippen LogP contribution in [0.25, 0.3) is 0 Å². The number of carbonyl (C=O) groups is 1. The van der Waals surface area contributed by atoms with Gasteiger partial charge in [-0.15, -0.1) is 0 Å². The lowest BCUT2D eigenvalue weighted by Gasteiger charge is -2.09. The Morgan fingerprint density at radius 2 is 1.57 bits per heavy atom. The lowest BCUT2D eigenvalue weighted by molar-refractivity contribution is 0.174. The van der Waals surface area contributed by atoms with Gasteiger partial charge in [0.1, 0.15) is 0 Å². The van der Waals surface area contributed by atoms with Crippen molar-refractivity contribution in [3.8, 4) is 11.5 Å². The van der Waals surface area contributed by atoms with Gasteiger partial charge in [0.15, 0.2) is 11.5 Å². The summed E-state index contributed by atoms with van der Waals surface area (Å²) in [5.41, 5.74) is 3.74. The van der Waals surface area contributed by atoms with Gasteiger partial charge in [0.25, 0.3) is 0 Å². The van der Waals surface area contributed by atoms with Gasteiger partial charge in [0.2, 0.25) is 6.79 Å². The van der Waals surface area contributed by atoms with Gasteiger partial charge in [-0.05, 0) is 49.2 Å². The molecule has 1 aliphatic rings. The molecule has 5 nitrogen and oxygen atoms in total. The van der Waals surface area contributed by atoms with Crippen molar-refractivity contribution in [2.75, 3.05) is 17.4 Å². The van der Waals surface area contributed by atoms with Crippen molar-refractivity contribution in [2.24, 2.45) is 0 Å². The number of amides is 2. The summed E-state index contributed by atoms with van der Waals surface area (Å²) in [6, 6.07) is 10.8. The van der Waals surface area contributed by atoms with E-state index in [0.717, 1.165) is 11.3 Å². The average Bonchev–Trinajstić information content (AvgIpc) is 2.90. The van der Waals surface area contributed by atoms with Crippen molar-refractivity contribution in [1.29, 1.82) is 0 Å². The summed E-state index contributed by atoms with van der Waals surface area (Å²) in [5, 5.41) is 5.57. The highest BCUT2D eigenvalue weighted by Crippen LogP contribution is 2.34. The van der Waals surface area contributed by atoms with Crippen molar-refractivity contribution in [2.45, 2.75) is 13.8 Å². The Kier molecular flexibility index (Phi) is 3.39. The largest absolute Gasteiger partial charge is 0.454 e. The summed E-state index contributed by atoms with van der Waals surface area (Å²) in [4.78, 5) is 12.0. The Balaban J connectivity index is 1.67. The quantitative estimate of drug-likeness (QED) is 0.884. The molecule has 2 N–H and O–H groups in total. The fourth-order valence-electron chi connectivity index (χ4n) is 2.09. The van der Waals surface area contributed by atoms with Crippen LogP contribution in [0.1, 0.15) is 11.1 Å². The molecule has 0 atom stereocenters. The molecule has 0 spiro atoms. The summed E-state index contributed by atoms with van der Waals surface area (Å²) in [6.07, 6.45) is 0. The molecule has 0 aromatic heterocycles. The zero-order chi connectivity index (χ0) is 14.8. The van der Waals surface area contributed by atoms with Gasteiger partial charge in [-0.25, -0.2) is 4.79 Å². The van der Waals surface area contributed by atoms with E-state index in [1.807, 2.05) is 32.0 Å². The lowest BCUT2D eigenvalue weighted by atomic mass is 10.1. The van der Waals surface area contributed by atoms with Gasteiger partial charge in [-0.3, -0.25) is 0 Å². The summed E-state index contributed by atoms with van der Waals surface area (Å²) >= 11 is 0. The molecule has 2 amide bonds. The molecule has 21 heavy (non-hydrogen) atoms. The molecule has 0 saturated carbocycles. The summed E-state index contributed by atoms with van der Waals surface area (Å²) in [6.45, 7) is 4.26. The number of aryl methyl sites for hydroxylation is 2. The molecular formula is C16H16N2O3. The number of hydrogen-bond acceptors (Lipinski definition) is 3. The molecule has 5 heteroatoms. The van der Waals surface area contributed by atoms with Crippen molar-refractivity contribution < 1.29 is 14.3 Å². The molecule has 0 radical (unpaired) electrons. The highest BCUT2D eigenvalue weighted by molar-refractivity contribution is 6.00. The van der Waals surface area contributed by atoms with Crippen LogP contribution < -0.4 is 20.1 Å². The van der Waals surface area contributed by atoms with Gasteiger partial charge in [-0.1, -0.05) is 6.07 Å². The summed E-state index contributed by atoms with van der Waals surface area (Å²) in [5.74, 6) is 1.33. The number of benzene rings is 2. The van der Waals surface area contributed by atoms with Crippen molar-refractivity contribution in [3.05, 3.63) is 47.5 Å².